The van der Waals surface area contributed by atoms with Crippen molar-refractivity contribution in [3.63, 3.8) is 0 Å². The summed E-state index contributed by atoms with van der Waals surface area (Å²) in [5.41, 5.74) is 3.41. The number of nitrogens with zero attached hydrogens (tertiary/aromatic N) is 2. The molecule has 0 spiro atoms. The minimum absolute atomic E-state index is 0.0903. The van der Waals surface area contributed by atoms with Gasteiger partial charge in [0.25, 0.3) is 0 Å². The first-order valence-corrected chi connectivity index (χ1v) is 6.15. The van der Waals surface area contributed by atoms with E-state index in [0.29, 0.717) is 12.2 Å². The van der Waals surface area contributed by atoms with E-state index in [1.165, 1.54) is 6.07 Å². The van der Waals surface area contributed by atoms with Crippen molar-refractivity contribution in [2.45, 2.75) is 13.5 Å². The van der Waals surface area contributed by atoms with Gasteiger partial charge >= 0.3 is 0 Å². The van der Waals surface area contributed by atoms with Crippen LogP contribution < -0.4 is 5.32 Å². The van der Waals surface area contributed by atoms with Crippen LogP contribution in [0.4, 0.5) is 10.1 Å². The number of rotatable bonds is 3. The number of halogens is 2. The fourth-order valence-corrected chi connectivity index (χ4v) is 2.03. The predicted octanol–water partition coefficient (Wildman–Crippen LogP) is 3.61. The number of nitrogens with one attached hydrogen (secondary N) is 1. The molecule has 2 rings (SSSR count). The quantitative estimate of drug-likeness (QED) is 0.931. The Labute approximate surface area is 116 Å². The summed E-state index contributed by atoms with van der Waals surface area (Å²) in [6.45, 7) is 2.51. The van der Waals surface area contributed by atoms with Crippen molar-refractivity contribution in [3.8, 4) is 6.07 Å². The molecule has 0 unspecified atom stereocenters. The highest BCUT2D eigenvalue weighted by molar-refractivity contribution is 6.31. The highest BCUT2D eigenvalue weighted by Crippen LogP contribution is 2.21. The van der Waals surface area contributed by atoms with E-state index < -0.39 is 5.82 Å². The summed E-state index contributed by atoms with van der Waals surface area (Å²) in [5.74, 6) is -0.435. The van der Waals surface area contributed by atoms with Crippen molar-refractivity contribution >= 4 is 17.3 Å². The lowest BCUT2D eigenvalue weighted by Crippen LogP contribution is -2.01. The molecule has 19 heavy (non-hydrogen) atoms. The van der Waals surface area contributed by atoms with E-state index in [2.05, 4.69) is 11.4 Å². The van der Waals surface area contributed by atoms with Crippen LogP contribution >= 0.6 is 11.6 Å². The maximum Gasteiger partial charge on any atom is 0.141 e. The highest BCUT2D eigenvalue weighted by Gasteiger charge is 2.08. The van der Waals surface area contributed by atoms with Crippen molar-refractivity contribution in [2.24, 2.45) is 7.05 Å². The third-order valence-corrected chi connectivity index (χ3v) is 3.45. The molecule has 0 aliphatic carbocycles. The summed E-state index contributed by atoms with van der Waals surface area (Å²) >= 11 is 5.72. The first-order chi connectivity index (χ1) is 9.02. The summed E-state index contributed by atoms with van der Waals surface area (Å²) in [6.07, 6.45) is 0. The Hall–Kier alpha value is -1.99. The molecule has 1 aromatic heterocycles. The smallest absolute Gasteiger partial charge is 0.141 e. The molecule has 2 aromatic rings. The van der Waals surface area contributed by atoms with E-state index in [9.17, 15) is 4.39 Å². The molecule has 0 bridgehead atoms. The molecule has 5 heteroatoms. The molecule has 0 saturated heterocycles. The lowest BCUT2D eigenvalue weighted by molar-refractivity contribution is 0.628. The van der Waals surface area contributed by atoms with Gasteiger partial charge in [-0.2, -0.15) is 5.26 Å². The Bertz CT molecular complexity index is 655. The topological polar surface area (TPSA) is 40.8 Å². The van der Waals surface area contributed by atoms with Gasteiger partial charge in [-0.3, -0.25) is 0 Å². The van der Waals surface area contributed by atoms with Crippen LogP contribution in [0.1, 0.15) is 17.0 Å². The molecular weight excluding hydrogens is 265 g/mol. The average Bonchev–Trinajstić information content (AvgIpc) is 2.67. The number of nitriles is 1. The van der Waals surface area contributed by atoms with Gasteiger partial charge < -0.3 is 9.88 Å². The molecule has 0 fully saturated rings. The number of benzene rings is 1. The fourth-order valence-electron chi connectivity index (χ4n) is 1.85. The van der Waals surface area contributed by atoms with Gasteiger partial charge in [0.2, 0.25) is 0 Å². The molecule has 0 radical (unpaired) electrons. The van der Waals surface area contributed by atoms with Gasteiger partial charge in [-0.15, -0.1) is 0 Å². The Morgan fingerprint density at radius 2 is 2.16 bits per heavy atom. The van der Waals surface area contributed by atoms with Crippen LogP contribution in [0.15, 0.2) is 24.3 Å². The van der Waals surface area contributed by atoms with E-state index in [1.54, 1.807) is 12.1 Å². The van der Waals surface area contributed by atoms with Crippen LogP contribution in [0.3, 0.4) is 0 Å². The second kappa shape index (κ2) is 5.33. The molecule has 1 N–H and O–H groups in total. The van der Waals surface area contributed by atoms with E-state index in [0.717, 1.165) is 16.9 Å². The molecule has 0 saturated carbocycles. The normalized spacial score (nSPS) is 10.3. The van der Waals surface area contributed by atoms with Crippen molar-refractivity contribution < 1.29 is 4.39 Å². The molecule has 0 amide bonds. The SMILES string of the molecule is Cc1c(CNc2ccc(F)c(Cl)c2)cc(C#N)n1C. The Morgan fingerprint density at radius 3 is 2.74 bits per heavy atom. The van der Waals surface area contributed by atoms with Crippen LogP contribution in [-0.2, 0) is 13.6 Å². The van der Waals surface area contributed by atoms with Crippen LogP contribution in [0.5, 0.6) is 0 Å². The fraction of sp³-hybridized carbons (Fsp3) is 0.214. The summed E-state index contributed by atoms with van der Waals surface area (Å²) < 4.78 is 14.9. The molecule has 1 heterocycles. The predicted molar refractivity (Wildman–Crippen MR) is 73.6 cm³/mol. The zero-order chi connectivity index (χ0) is 14.0. The number of anilines is 1. The number of hydrogen-bond acceptors (Lipinski definition) is 2. The third-order valence-electron chi connectivity index (χ3n) is 3.16. The summed E-state index contributed by atoms with van der Waals surface area (Å²) in [5, 5.41) is 12.2. The molecule has 3 nitrogen and oxygen atoms in total. The molecule has 1 aromatic carbocycles. The molecule has 0 aliphatic heterocycles. The first kappa shape index (κ1) is 13.4. The van der Waals surface area contributed by atoms with Gasteiger partial charge in [0, 0.05) is 25.0 Å². The largest absolute Gasteiger partial charge is 0.381 e. The second-order valence-corrected chi connectivity index (χ2v) is 4.70. The van der Waals surface area contributed by atoms with Crippen molar-refractivity contribution in [1.82, 2.24) is 4.57 Å². The summed E-state index contributed by atoms with van der Waals surface area (Å²) in [6, 6.07) is 8.47. The Balaban J connectivity index is 2.15. The van der Waals surface area contributed by atoms with Gasteiger partial charge in [-0.05, 0) is 36.8 Å². The Kier molecular flexibility index (Phi) is 3.77. The van der Waals surface area contributed by atoms with E-state index in [1.807, 2.05) is 24.6 Å². The molecular formula is C14H13ClFN3. The maximum absolute atomic E-state index is 13.0. The number of hydrogen-bond donors (Lipinski definition) is 1. The van der Waals surface area contributed by atoms with Crippen LogP contribution in [-0.4, -0.2) is 4.57 Å². The second-order valence-electron chi connectivity index (χ2n) is 4.29. The number of aromatic nitrogens is 1. The van der Waals surface area contributed by atoms with Crippen molar-refractivity contribution in [2.75, 3.05) is 5.32 Å². The van der Waals surface area contributed by atoms with E-state index in [-0.39, 0.29) is 5.02 Å². The monoisotopic (exact) mass is 277 g/mol. The first-order valence-electron chi connectivity index (χ1n) is 5.77. The van der Waals surface area contributed by atoms with Crippen LogP contribution in [0.25, 0.3) is 0 Å². The van der Waals surface area contributed by atoms with Crippen molar-refractivity contribution in [1.29, 1.82) is 5.26 Å². The third kappa shape index (κ3) is 2.72. The summed E-state index contributed by atoms with van der Waals surface area (Å²) in [4.78, 5) is 0. The lowest BCUT2D eigenvalue weighted by Gasteiger charge is -2.07. The van der Waals surface area contributed by atoms with Gasteiger partial charge in [-0.25, -0.2) is 4.39 Å². The minimum Gasteiger partial charge on any atom is -0.381 e. The van der Waals surface area contributed by atoms with Crippen LogP contribution in [0, 0.1) is 24.1 Å². The average molecular weight is 278 g/mol. The zero-order valence-corrected chi connectivity index (χ0v) is 11.4. The maximum atomic E-state index is 13.0. The standard InChI is InChI=1S/C14H13ClFN3/c1-9-10(5-12(7-17)19(9)2)8-18-11-3-4-14(16)13(15)6-11/h3-6,18H,8H2,1-2H3. The van der Waals surface area contributed by atoms with Gasteiger partial charge in [0.05, 0.1) is 5.02 Å². The van der Waals surface area contributed by atoms with E-state index >= 15 is 0 Å². The molecule has 98 valence electrons. The highest BCUT2D eigenvalue weighted by atomic mass is 35.5. The Morgan fingerprint density at radius 1 is 1.42 bits per heavy atom. The molecule has 0 atom stereocenters. The zero-order valence-electron chi connectivity index (χ0n) is 10.7. The van der Waals surface area contributed by atoms with E-state index in [4.69, 9.17) is 16.9 Å². The van der Waals surface area contributed by atoms with Crippen molar-refractivity contribution in [3.05, 3.63) is 52.1 Å². The summed E-state index contributed by atoms with van der Waals surface area (Å²) in [7, 11) is 1.85. The van der Waals surface area contributed by atoms with Crippen LogP contribution in [0.2, 0.25) is 5.02 Å². The minimum atomic E-state index is -0.435. The van der Waals surface area contributed by atoms with Gasteiger partial charge in [-0.1, -0.05) is 11.6 Å². The lowest BCUT2D eigenvalue weighted by atomic mass is 10.2. The van der Waals surface area contributed by atoms with Gasteiger partial charge in [0.15, 0.2) is 0 Å². The molecule has 0 aliphatic rings. The van der Waals surface area contributed by atoms with Gasteiger partial charge in [0.1, 0.15) is 17.6 Å².